The fourth-order valence-electron chi connectivity index (χ4n) is 1.90. The Kier molecular flexibility index (Phi) is 2.90. The van der Waals surface area contributed by atoms with Gasteiger partial charge in [0.15, 0.2) is 0 Å². The summed E-state index contributed by atoms with van der Waals surface area (Å²) in [6.45, 7) is 4.25. The molecule has 1 fully saturated rings. The van der Waals surface area contributed by atoms with Gasteiger partial charge in [0, 0.05) is 12.1 Å². The number of rotatable bonds is 4. The van der Waals surface area contributed by atoms with Crippen LogP contribution in [0, 0.1) is 0 Å². The molecule has 0 aromatic carbocycles. The van der Waals surface area contributed by atoms with Gasteiger partial charge < -0.3 is 5.73 Å². The van der Waals surface area contributed by atoms with E-state index in [0.717, 1.165) is 6.54 Å². The van der Waals surface area contributed by atoms with Crippen LogP contribution in [0.3, 0.4) is 0 Å². The van der Waals surface area contributed by atoms with Crippen LogP contribution in [0.2, 0.25) is 0 Å². The summed E-state index contributed by atoms with van der Waals surface area (Å²) in [5, 5.41) is 0. The quantitative estimate of drug-likeness (QED) is 0.663. The maximum absolute atomic E-state index is 5.76. The molecule has 0 unspecified atom stereocenters. The minimum absolute atomic E-state index is 0.385. The Labute approximate surface area is 69.8 Å². The highest BCUT2D eigenvalue weighted by molar-refractivity contribution is 4.97. The zero-order valence-electron chi connectivity index (χ0n) is 7.77. The van der Waals surface area contributed by atoms with Crippen molar-refractivity contribution in [3.63, 3.8) is 0 Å². The maximum atomic E-state index is 5.76. The molecule has 66 valence electrons. The van der Waals surface area contributed by atoms with Gasteiger partial charge in [-0.3, -0.25) is 4.90 Å². The van der Waals surface area contributed by atoms with E-state index in [-0.39, 0.29) is 0 Å². The lowest BCUT2D eigenvalue weighted by Gasteiger charge is -2.48. The second kappa shape index (κ2) is 3.55. The minimum Gasteiger partial charge on any atom is -0.329 e. The average Bonchev–Trinajstić information content (AvgIpc) is 1.87. The lowest BCUT2D eigenvalue weighted by Crippen LogP contribution is -2.56. The van der Waals surface area contributed by atoms with E-state index < -0.39 is 0 Å². The smallest absolute Gasteiger partial charge is 0.0328 e. The van der Waals surface area contributed by atoms with Crippen molar-refractivity contribution in [3.05, 3.63) is 0 Å². The molecule has 2 heteroatoms. The lowest BCUT2D eigenvalue weighted by molar-refractivity contribution is 0.0465. The van der Waals surface area contributed by atoms with Gasteiger partial charge in [-0.25, -0.2) is 0 Å². The van der Waals surface area contributed by atoms with Crippen LogP contribution in [-0.4, -0.2) is 30.6 Å². The molecule has 0 aromatic heterocycles. The van der Waals surface area contributed by atoms with Crippen molar-refractivity contribution in [2.24, 2.45) is 5.73 Å². The average molecular weight is 156 g/mol. The lowest BCUT2D eigenvalue weighted by atomic mass is 9.75. The van der Waals surface area contributed by atoms with Gasteiger partial charge in [0.2, 0.25) is 0 Å². The Bertz CT molecular complexity index is 113. The highest BCUT2D eigenvalue weighted by atomic mass is 15.2. The van der Waals surface area contributed by atoms with E-state index in [1.54, 1.807) is 0 Å². The summed E-state index contributed by atoms with van der Waals surface area (Å²) in [5.41, 5.74) is 6.14. The number of hydrogen-bond donors (Lipinski definition) is 1. The second-order valence-electron chi connectivity index (χ2n) is 3.70. The summed E-state index contributed by atoms with van der Waals surface area (Å²) >= 11 is 0. The van der Waals surface area contributed by atoms with Crippen LogP contribution in [-0.2, 0) is 0 Å². The van der Waals surface area contributed by atoms with E-state index in [1.165, 1.54) is 32.2 Å². The molecule has 0 radical (unpaired) electrons. The van der Waals surface area contributed by atoms with E-state index in [1.807, 2.05) is 0 Å². The third kappa shape index (κ3) is 1.57. The highest BCUT2D eigenvalue weighted by Gasteiger charge is 2.38. The first kappa shape index (κ1) is 9.01. The molecule has 0 bridgehead atoms. The Morgan fingerprint density at radius 2 is 2.09 bits per heavy atom. The Hall–Kier alpha value is -0.0800. The van der Waals surface area contributed by atoms with Crippen LogP contribution in [0.5, 0.6) is 0 Å². The highest BCUT2D eigenvalue weighted by Crippen LogP contribution is 2.35. The third-order valence-electron chi connectivity index (χ3n) is 3.03. The molecule has 0 atom stereocenters. The van der Waals surface area contributed by atoms with Gasteiger partial charge in [-0.2, -0.15) is 0 Å². The molecular weight excluding hydrogens is 136 g/mol. The monoisotopic (exact) mass is 156 g/mol. The van der Waals surface area contributed by atoms with E-state index in [9.17, 15) is 0 Å². The van der Waals surface area contributed by atoms with Crippen LogP contribution in [0.1, 0.15) is 32.6 Å². The number of likely N-dealkylation sites (N-methyl/N-ethyl adjacent to an activating group) is 1. The second-order valence-corrected chi connectivity index (χ2v) is 3.70. The molecule has 0 spiro atoms. The van der Waals surface area contributed by atoms with Gasteiger partial charge in [-0.15, -0.1) is 0 Å². The molecule has 1 saturated carbocycles. The molecule has 0 aliphatic heterocycles. The van der Waals surface area contributed by atoms with E-state index in [0.29, 0.717) is 5.54 Å². The summed E-state index contributed by atoms with van der Waals surface area (Å²) in [5.74, 6) is 0. The van der Waals surface area contributed by atoms with Crippen molar-refractivity contribution < 1.29 is 0 Å². The van der Waals surface area contributed by atoms with Crippen LogP contribution >= 0.6 is 0 Å². The van der Waals surface area contributed by atoms with Crippen molar-refractivity contribution in [2.75, 3.05) is 20.1 Å². The molecule has 0 heterocycles. The fraction of sp³-hybridized carbons (Fsp3) is 1.00. The van der Waals surface area contributed by atoms with Crippen molar-refractivity contribution >= 4 is 0 Å². The molecule has 11 heavy (non-hydrogen) atoms. The van der Waals surface area contributed by atoms with Gasteiger partial charge in [-0.1, -0.05) is 6.92 Å². The summed E-state index contributed by atoms with van der Waals surface area (Å²) in [7, 11) is 2.20. The van der Waals surface area contributed by atoms with Crippen molar-refractivity contribution in [2.45, 2.75) is 38.1 Å². The summed E-state index contributed by atoms with van der Waals surface area (Å²) in [6.07, 6.45) is 5.21. The number of nitrogens with zero attached hydrogens (tertiary/aromatic N) is 1. The molecule has 0 amide bonds. The van der Waals surface area contributed by atoms with Crippen molar-refractivity contribution in [1.82, 2.24) is 4.90 Å². The molecule has 2 N–H and O–H groups in total. The van der Waals surface area contributed by atoms with Gasteiger partial charge in [0.1, 0.15) is 0 Å². The zero-order valence-corrected chi connectivity index (χ0v) is 7.77. The van der Waals surface area contributed by atoms with Crippen LogP contribution in [0.4, 0.5) is 0 Å². The topological polar surface area (TPSA) is 29.3 Å². The first-order chi connectivity index (χ1) is 5.25. The molecule has 1 aliphatic rings. The summed E-state index contributed by atoms with van der Waals surface area (Å²) in [6, 6.07) is 0. The molecular formula is C9H20N2. The Morgan fingerprint density at radius 3 is 2.36 bits per heavy atom. The van der Waals surface area contributed by atoms with Crippen LogP contribution < -0.4 is 5.73 Å². The molecule has 2 nitrogen and oxygen atoms in total. The van der Waals surface area contributed by atoms with Crippen molar-refractivity contribution in [3.8, 4) is 0 Å². The standard InChI is InChI=1S/C9H20N2/c1-3-7-11(2)9(8-10)5-4-6-9/h3-8,10H2,1-2H3. The Morgan fingerprint density at radius 1 is 1.45 bits per heavy atom. The Balaban J connectivity index is 2.40. The van der Waals surface area contributed by atoms with Crippen molar-refractivity contribution in [1.29, 1.82) is 0 Å². The predicted octanol–water partition coefficient (Wildman–Crippen LogP) is 1.21. The third-order valence-corrected chi connectivity index (χ3v) is 3.03. The summed E-state index contributed by atoms with van der Waals surface area (Å²) in [4.78, 5) is 2.44. The molecule has 1 aliphatic carbocycles. The van der Waals surface area contributed by atoms with E-state index >= 15 is 0 Å². The molecule has 1 rings (SSSR count). The summed E-state index contributed by atoms with van der Waals surface area (Å²) < 4.78 is 0. The predicted molar refractivity (Wildman–Crippen MR) is 48.6 cm³/mol. The van der Waals surface area contributed by atoms with Crippen LogP contribution in [0.15, 0.2) is 0 Å². The van der Waals surface area contributed by atoms with E-state index in [2.05, 4.69) is 18.9 Å². The van der Waals surface area contributed by atoms with Gasteiger partial charge in [0.05, 0.1) is 0 Å². The fourth-order valence-corrected chi connectivity index (χ4v) is 1.90. The zero-order chi connectivity index (χ0) is 8.32. The van der Waals surface area contributed by atoms with Crippen LogP contribution in [0.25, 0.3) is 0 Å². The van der Waals surface area contributed by atoms with Gasteiger partial charge >= 0.3 is 0 Å². The first-order valence-electron chi connectivity index (χ1n) is 4.66. The van der Waals surface area contributed by atoms with Gasteiger partial charge in [0.25, 0.3) is 0 Å². The SMILES string of the molecule is CCCN(C)C1(CN)CCC1. The molecule has 0 aromatic rings. The largest absolute Gasteiger partial charge is 0.329 e. The first-order valence-corrected chi connectivity index (χ1v) is 4.66. The minimum atomic E-state index is 0.385. The maximum Gasteiger partial charge on any atom is 0.0328 e. The normalized spacial score (nSPS) is 21.8. The number of hydrogen-bond acceptors (Lipinski definition) is 2. The number of nitrogens with two attached hydrogens (primary N) is 1. The van der Waals surface area contributed by atoms with Gasteiger partial charge in [-0.05, 0) is 39.3 Å². The van der Waals surface area contributed by atoms with E-state index in [4.69, 9.17) is 5.73 Å². The molecule has 0 saturated heterocycles.